The predicted molar refractivity (Wildman–Crippen MR) is 97.9 cm³/mol. The molecule has 0 saturated heterocycles. The van der Waals surface area contributed by atoms with Crippen LogP contribution in [0.25, 0.3) is 0 Å². The third-order valence-electron chi connectivity index (χ3n) is 4.16. The quantitative estimate of drug-likeness (QED) is 0.720. The molecule has 0 aliphatic rings. The summed E-state index contributed by atoms with van der Waals surface area (Å²) in [6.45, 7) is 4.35. The van der Waals surface area contributed by atoms with Crippen molar-refractivity contribution < 1.29 is 9.59 Å². The minimum absolute atomic E-state index is 0.138. The fourth-order valence-electron chi connectivity index (χ4n) is 2.23. The average Bonchev–Trinajstić information content (AvgIpc) is 2.66. The van der Waals surface area contributed by atoms with E-state index in [0.29, 0.717) is 17.8 Å². The van der Waals surface area contributed by atoms with Crippen LogP contribution in [0.2, 0.25) is 0 Å². The molecule has 2 atom stereocenters. The minimum Gasteiger partial charge on any atom is -0.351 e. The lowest BCUT2D eigenvalue weighted by Crippen LogP contribution is -2.44. The first kappa shape index (κ1) is 18.6. The summed E-state index contributed by atoms with van der Waals surface area (Å²) >= 11 is 0. The highest BCUT2D eigenvalue weighted by Crippen LogP contribution is 2.10. The van der Waals surface area contributed by atoms with Crippen LogP contribution in [0.4, 0.5) is 5.69 Å². The van der Waals surface area contributed by atoms with Crippen molar-refractivity contribution in [2.24, 2.45) is 11.7 Å². The van der Waals surface area contributed by atoms with E-state index in [-0.39, 0.29) is 17.7 Å². The van der Waals surface area contributed by atoms with Crippen LogP contribution in [0.15, 0.2) is 48.8 Å². The van der Waals surface area contributed by atoms with Gasteiger partial charge in [-0.15, -0.1) is 0 Å². The van der Waals surface area contributed by atoms with E-state index in [1.54, 1.807) is 36.7 Å². The number of nitrogens with zero attached hydrogens (tertiary/aromatic N) is 1. The predicted octanol–water partition coefficient (Wildman–Crippen LogP) is 2.32. The lowest BCUT2D eigenvalue weighted by molar-refractivity contribution is -0.123. The first-order valence-corrected chi connectivity index (χ1v) is 8.35. The number of rotatable bonds is 7. The number of benzene rings is 1. The molecule has 4 N–H and O–H groups in total. The Morgan fingerprint density at radius 2 is 1.92 bits per heavy atom. The fourth-order valence-corrected chi connectivity index (χ4v) is 2.23. The van der Waals surface area contributed by atoms with Gasteiger partial charge in [-0.25, -0.2) is 0 Å². The van der Waals surface area contributed by atoms with Gasteiger partial charge in [0.25, 0.3) is 5.91 Å². The van der Waals surface area contributed by atoms with Gasteiger partial charge in [0.1, 0.15) is 0 Å². The van der Waals surface area contributed by atoms with Crippen LogP contribution in [-0.2, 0) is 11.3 Å². The number of hydrogen-bond donors (Lipinski definition) is 3. The summed E-state index contributed by atoms with van der Waals surface area (Å²) in [6.07, 6.45) is 4.09. The highest BCUT2D eigenvalue weighted by molar-refractivity contribution is 6.04. The Bertz CT molecular complexity index is 701. The first-order valence-electron chi connectivity index (χ1n) is 8.35. The van der Waals surface area contributed by atoms with Crippen LogP contribution in [0.1, 0.15) is 36.2 Å². The van der Waals surface area contributed by atoms with Crippen molar-refractivity contribution in [3.05, 3.63) is 59.9 Å². The van der Waals surface area contributed by atoms with E-state index >= 15 is 0 Å². The number of carbonyl (C=O) groups excluding carboxylic acids is 2. The van der Waals surface area contributed by atoms with Gasteiger partial charge in [-0.2, -0.15) is 0 Å². The highest BCUT2D eigenvalue weighted by atomic mass is 16.2. The number of anilines is 1. The Balaban J connectivity index is 1.89. The second-order valence-corrected chi connectivity index (χ2v) is 6.02. The molecule has 25 heavy (non-hydrogen) atoms. The van der Waals surface area contributed by atoms with Gasteiger partial charge >= 0.3 is 0 Å². The van der Waals surface area contributed by atoms with E-state index in [0.717, 1.165) is 12.0 Å². The summed E-state index contributed by atoms with van der Waals surface area (Å²) in [7, 11) is 0. The SMILES string of the molecule is CCC(C)C(N)C(=O)NCc1ccc(C(=O)Nc2cccnc2)cc1. The maximum absolute atomic E-state index is 12.2. The lowest BCUT2D eigenvalue weighted by atomic mass is 9.99. The van der Waals surface area contributed by atoms with Crippen molar-refractivity contribution >= 4 is 17.5 Å². The van der Waals surface area contributed by atoms with E-state index in [4.69, 9.17) is 5.73 Å². The zero-order valence-corrected chi connectivity index (χ0v) is 14.5. The van der Waals surface area contributed by atoms with Crippen LogP contribution < -0.4 is 16.4 Å². The Hall–Kier alpha value is -2.73. The maximum Gasteiger partial charge on any atom is 0.255 e. The number of carbonyl (C=O) groups is 2. The second-order valence-electron chi connectivity index (χ2n) is 6.02. The summed E-state index contributed by atoms with van der Waals surface area (Å²) in [5.41, 5.74) is 7.99. The van der Waals surface area contributed by atoms with Crippen molar-refractivity contribution in [1.82, 2.24) is 10.3 Å². The molecule has 0 spiro atoms. The van der Waals surface area contributed by atoms with Crippen LogP contribution in [0, 0.1) is 5.92 Å². The molecule has 1 aromatic heterocycles. The largest absolute Gasteiger partial charge is 0.351 e. The van der Waals surface area contributed by atoms with Gasteiger partial charge in [-0.05, 0) is 35.7 Å². The zero-order chi connectivity index (χ0) is 18.2. The molecule has 0 fully saturated rings. The molecule has 0 bridgehead atoms. The van der Waals surface area contributed by atoms with Crippen molar-refractivity contribution in [3.8, 4) is 0 Å². The van der Waals surface area contributed by atoms with Gasteiger partial charge in [0.15, 0.2) is 0 Å². The Kier molecular flexibility index (Phi) is 6.65. The molecule has 0 radical (unpaired) electrons. The van der Waals surface area contributed by atoms with Gasteiger partial charge in [0.05, 0.1) is 17.9 Å². The topological polar surface area (TPSA) is 97.1 Å². The molecule has 0 aliphatic heterocycles. The summed E-state index contributed by atoms with van der Waals surface area (Å²) in [5, 5.41) is 5.60. The Morgan fingerprint density at radius 3 is 2.52 bits per heavy atom. The molecular formula is C19H24N4O2. The molecule has 2 unspecified atom stereocenters. The second kappa shape index (κ2) is 8.94. The third-order valence-corrected chi connectivity index (χ3v) is 4.16. The molecular weight excluding hydrogens is 316 g/mol. The third kappa shape index (κ3) is 5.39. The standard InChI is InChI=1S/C19H24N4O2/c1-3-13(2)17(20)19(25)22-11-14-6-8-15(9-7-14)18(24)23-16-5-4-10-21-12-16/h4-10,12-13,17H,3,11,20H2,1-2H3,(H,22,25)(H,23,24). The number of nitrogens with two attached hydrogens (primary N) is 1. The molecule has 6 nitrogen and oxygen atoms in total. The summed E-state index contributed by atoms with van der Waals surface area (Å²) in [6, 6.07) is 10.1. The molecule has 132 valence electrons. The van der Waals surface area contributed by atoms with Crippen LogP contribution >= 0.6 is 0 Å². The van der Waals surface area contributed by atoms with E-state index in [1.807, 2.05) is 26.0 Å². The summed E-state index contributed by atoms with van der Waals surface area (Å²) in [4.78, 5) is 28.1. The summed E-state index contributed by atoms with van der Waals surface area (Å²) < 4.78 is 0. The van der Waals surface area contributed by atoms with Crippen molar-refractivity contribution in [1.29, 1.82) is 0 Å². The monoisotopic (exact) mass is 340 g/mol. The molecule has 6 heteroatoms. The lowest BCUT2D eigenvalue weighted by Gasteiger charge is -2.17. The van der Waals surface area contributed by atoms with Crippen molar-refractivity contribution in [2.45, 2.75) is 32.9 Å². The van der Waals surface area contributed by atoms with E-state index in [2.05, 4.69) is 15.6 Å². The first-order chi connectivity index (χ1) is 12.0. The number of nitrogens with one attached hydrogen (secondary N) is 2. The molecule has 2 amide bonds. The molecule has 0 aliphatic carbocycles. The van der Waals surface area contributed by atoms with Crippen molar-refractivity contribution in [3.63, 3.8) is 0 Å². The van der Waals surface area contributed by atoms with Gasteiger partial charge in [0, 0.05) is 18.3 Å². The van der Waals surface area contributed by atoms with Crippen molar-refractivity contribution in [2.75, 3.05) is 5.32 Å². The zero-order valence-electron chi connectivity index (χ0n) is 14.5. The van der Waals surface area contributed by atoms with Crippen LogP contribution in [0.5, 0.6) is 0 Å². The van der Waals surface area contributed by atoms with Gasteiger partial charge < -0.3 is 16.4 Å². The number of hydrogen-bond acceptors (Lipinski definition) is 4. The number of amides is 2. The van der Waals surface area contributed by atoms with Gasteiger partial charge in [-0.1, -0.05) is 32.4 Å². The van der Waals surface area contributed by atoms with E-state index < -0.39 is 6.04 Å². The molecule has 0 saturated carbocycles. The Morgan fingerprint density at radius 1 is 1.20 bits per heavy atom. The van der Waals surface area contributed by atoms with Crippen LogP contribution in [-0.4, -0.2) is 22.8 Å². The maximum atomic E-state index is 12.2. The fraction of sp³-hybridized carbons (Fsp3) is 0.316. The average molecular weight is 340 g/mol. The Labute approximate surface area is 147 Å². The highest BCUT2D eigenvalue weighted by Gasteiger charge is 2.18. The smallest absolute Gasteiger partial charge is 0.255 e. The van der Waals surface area contributed by atoms with Gasteiger partial charge in [0.2, 0.25) is 5.91 Å². The molecule has 1 heterocycles. The van der Waals surface area contributed by atoms with E-state index in [1.165, 1.54) is 0 Å². The van der Waals surface area contributed by atoms with Crippen LogP contribution in [0.3, 0.4) is 0 Å². The number of aromatic nitrogens is 1. The number of pyridine rings is 1. The van der Waals surface area contributed by atoms with Gasteiger partial charge in [-0.3, -0.25) is 14.6 Å². The van der Waals surface area contributed by atoms with E-state index in [9.17, 15) is 9.59 Å². The molecule has 2 rings (SSSR count). The molecule has 1 aromatic carbocycles. The summed E-state index contributed by atoms with van der Waals surface area (Å²) in [5.74, 6) is -0.228. The minimum atomic E-state index is -0.505. The molecule has 2 aromatic rings. The normalized spacial score (nSPS) is 12.9.